The first-order chi connectivity index (χ1) is 1.73. The molecule has 0 aromatic heterocycles. The maximum absolute atomic E-state index is 3.97. The molecule has 0 aromatic rings. The summed E-state index contributed by atoms with van der Waals surface area (Å²) in [6.45, 7) is 0. The van der Waals surface area contributed by atoms with Gasteiger partial charge in [0.1, 0.15) is 15.7 Å². The van der Waals surface area contributed by atoms with Gasteiger partial charge in [0.05, 0.1) is 0 Å². The third-order valence-corrected chi connectivity index (χ3v) is 0. The van der Waals surface area contributed by atoms with Crippen LogP contribution in [0.1, 0.15) is 0 Å². The molecule has 0 aliphatic heterocycles. The second-order valence-electron chi connectivity index (χ2n) is 1.09. The third-order valence-electron chi connectivity index (χ3n) is 0. The van der Waals surface area contributed by atoms with Crippen molar-refractivity contribution in [3.05, 3.63) is 0 Å². The summed E-state index contributed by atoms with van der Waals surface area (Å²) >= 11 is 3.97. The summed E-state index contributed by atoms with van der Waals surface area (Å²) in [4.78, 5) is 0. The quantitative estimate of drug-likeness (QED) is 0.260. The first-order valence-corrected chi connectivity index (χ1v) is 1.93. The standard InChI is InChI=1S/CH6B2S/c2-1(3)4/h1,4H,2-3H2. The van der Waals surface area contributed by atoms with Crippen LogP contribution in [0.2, 0.25) is 0 Å². The van der Waals surface area contributed by atoms with E-state index in [9.17, 15) is 0 Å². The molecule has 0 saturated carbocycles. The van der Waals surface area contributed by atoms with Crippen molar-refractivity contribution in [2.75, 3.05) is 0 Å². The van der Waals surface area contributed by atoms with Crippen molar-refractivity contribution < 1.29 is 0 Å². The molecule has 0 heterocycles. The molecule has 4 heavy (non-hydrogen) atoms. The molecule has 0 aromatic carbocycles. The molecule has 0 N–H and O–H groups in total. The molecule has 0 atom stereocenters. The van der Waals surface area contributed by atoms with Crippen LogP contribution >= 0.6 is 12.6 Å². The summed E-state index contributed by atoms with van der Waals surface area (Å²) in [5, 5.41) is 0.528. The van der Waals surface area contributed by atoms with Crippen LogP contribution in [0.3, 0.4) is 0 Å². The van der Waals surface area contributed by atoms with Gasteiger partial charge >= 0.3 is 0 Å². The fraction of sp³-hybridized carbons (Fsp3) is 1.00. The SMILES string of the molecule is BC(B)S. The van der Waals surface area contributed by atoms with Crippen molar-refractivity contribution in [2.24, 2.45) is 0 Å². The lowest BCUT2D eigenvalue weighted by molar-refractivity contribution is 2.02. The molecule has 0 aliphatic carbocycles. The lowest BCUT2D eigenvalue weighted by atomic mass is 9.86. The highest BCUT2D eigenvalue weighted by Gasteiger charge is 1.71. The summed E-state index contributed by atoms with van der Waals surface area (Å²) in [5.74, 6) is 0. The minimum atomic E-state index is 0.528. The zero-order chi connectivity index (χ0) is 3.58. The van der Waals surface area contributed by atoms with E-state index in [0.717, 1.165) is 0 Å². The maximum Gasteiger partial charge on any atom is 0.107 e. The van der Waals surface area contributed by atoms with Gasteiger partial charge in [-0.1, -0.05) is 5.05 Å². The molecular weight excluding hydrogens is 65.7 g/mol. The Kier molecular flexibility index (Phi) is 1.98. The van der Waals surface area contributed by atoms with Crippen LogP contribution in [0.5, 0.6) is 0 Å². The van der Waals surface area contributed by atoms with Crippen LogP contribution in [0.25, 0.3) is 0 Å². The summed E-state index contributed by atoms with van der Waals surface area (Å²) in [5.41, 5.74) is 0. The molecule has 0 aliphatic rings. The Labute approximate surface area is 34.2 Å². The van der Waals surface area contributed by atoms with Gasteiger partial charge < -0.3 is 0 Å². The van der Waals surface area contributed by atoms with Crippen LogP contribution in [0, 0.1) is 0 Å². The molecule has 0 fully saturated rings. The van der Waals surface area contributed by atoms with Gasteiger partial charge in [-0.2, -0.15) is 12.6 Å². The van der Waals surface area contributed by atoms with Gasteiger partial charge in [-0.3, -0.25) is 0 Å². The zero-order valence-corrected chi connectivity index (χ0v) is 3.92. The Bertz CT molecular complexity index is 10.8. The molecule has 0 radical (unpaired) electrons. The Hall–Kier alpha value is 0.480. The molecule has 0 rings (SSSR count). The van der Waals surface area contributed by atoms with Gasteiger partial charge in [0, 0.05) is 0 Å². The number of rotatable bonds is 0. The minimum Gasteiger partial charge on any atom is -0.193 e. The molecule has 0 bridgehead atoms. The number of hydrogen-bond donors (Lipinski definition) is 1. The Morgan fingerprint density at radius 2 is 1.50 bits per heavy atom. The van der Waals surface area contributed by atoms with Gasteiger partial charge in [0.15, 0.2) is 0 Å². The van der Waals surface area contributed by atoms with E-state index in [-0.39, 0.29) is 0 Å². The molecular formula is CH6B2S. The van der Waals surface area contributed by atoms with Gasteiger partial charge in [0.25, 0.3) is 0 Å². The minimum absolute atomic E-state index is 0.528. The topological polar surface area (TPSA) is 0 Å². The van der Waals surface area contributed by atoms with Crippen molar-refractivity contribution in [3.63, 3.8) is 0 Å². The summed E-state index contributed by atoms with van der Waals surface area (Å²) in [6.07, 6.45) is 0. The highest BCUT2D eigenvalue weighted by atomic mass is 32.1. The first kappa shape index (κ1) is 4.48. The molecule has 0 amide bonds. The summed E-state index contributed by atoms with van der Waals surface area (Å²) in [6, 6.07) is 0. The summed E-state index contributed by atoms with van der Waals surface area (Å²) < 4.78 is 0. The Morgan fingerprint density at radius 1 is 1.50 bits per heavy atom. The van der Waals surface area contributed by atoms with Crippen molar-refractivity contribution in [1.29, 1.82) is 0 Å². The third kappa shape index (κ3) is 23.6. The number of thiol groups is 1. The molecule has 0 saturated heterocycles. The van der Waals surface area contributed by atoms with Crippen molar-refractivity contribution in [3.8, 4) is 0 Å². The van der Waals surface area contributed by atoms with Gasteiger partial charge in [-0.25, -0.2) is 0 Å². The predicted octanol–water partition coefficient (Wildman–Crippen LogP) is -1.53. The largest absolute Gasteiger partial charge is 0.193 e. The highest BCUT2D eigenvalue weighted by molar-refractivity contribution is 7.83. The van der Waals surface area contributed by atoms with Crippen LogP contribution < -0.4 is 0 Å². The Balaban J connectivity index is 2.32. The van der Waals surface area contributed by atoms with Crippen molar-refractivity contribution in [2.45, 2.75) is 5.05 Å². The van der Waals surface area contributed by atoms with E-state index in [1.54, 1.807) is 0 Å². The molecule has 0 unspecified atom stereocenters. The fourth-order valence-corrected chi connectivity index (χ4v) is 0. The van der Waals surface area contributed by atoms with Crippen LogP contribution in [-0.4, -0.2) is 20.7 Å². The fourth-order valence-electron chi connectivity index (χ4n) is 0. The average molecular weight is 71.7 g/mol. The second kappa shape index (κ2) is 1.77. The van der Waals surface area contributed by atoms with E-state index < -0.39 is 0 Å². The predicted molar refractivity (Wildman–Crippen MR) is 29.9 cm³/mol. The first-order valence-electron chi connectivity index (χ1n) is 1.41. The lowest BCUT2D eigenvalue weighted by Gasteiger charge is -1.76. The lowest BCUT2D eigenvalue weighted by Crippen LogP contribution is -1.91. The Morgan fingerprint density at radius 3 is 1.50 bits per heavy atom. The van der Waals surface area contributed by atoms with Crippen LogP contribution in [0.4, 0.5) is 0 Å². The van der Waals surface area contributed by atoms with Crippen molar-refractivity contribution >= 4 is 28.3 Å². The maximum atomic E-state index is 3.97. The highest BCUT2D eigenvalue weighted by Crippen LogP contribution is 1.70. The summed E-state index contributed by atoms with van der Waals surface area (Å²) in [7, 11) is 4.06. The van der Waals surface area contributed by atoms with E-state index in [1.165, 1.54) is 0 Å². The number of hydrogen-bond acceptors (Lipinski definition) is 1. The second-order valence-corrected chi connectivity index (χ2v) is 2.13. The van der Waals surface area contributed by atoms with E-state index in [0.29, 0.717) is 5.05 Å². The van der Waals surface area contributed by atoms with Crippen LogP contribution in [0.15, 0.2) is 0 Å². The zero-order valence-electron chi connectivity index (χ0n) is 3.02. The van der Waals surface area contributed by atoms with Crippen LogP contribution in [-0.2, 0) is 0 Å². The normalized spacial score (nSPS) is 8.50. The molecule has 22 valence electrons. The average Bonchev–Trinajstić information content (AvgIpc) is 0.811. The molecule has 0 spiro atoms. The smallest absolute Gasteiger partial charge is 0.107 e. The van der Waals surface area contributed by atoms with E-state index in [1.807, 2.05) is 15.7 Å². The monoisotopic (exact) mass is 72.0 g/mol. The van der Waals surface area contributed by atoms with E-state index in [4.69, 9.17) is 0 Å². The molecule has 0 nitrogen and oxygen atoms in total. The van der Waals surface area contributed by atoms with Gasteiger partial charge in [0.2, 0.25) is 0 Å². The van der Waals surface area contributed by atoms with Crippen molar-refractivity contribution in [1.82, 2.24) is 0 Å². The van der Waals surface area contributed by atoms with Gasteiger partial charge in [-0.05, 0) is 0 Å². The van der Waals surface area contributed by atoms with E-state index >= 15 is 0 Å². The van der Waals surface area contributed by atoms with E-state index in [2.05, 4.69) is 12.6 Å². The molecule has 3 heteroatoms. The van der Waals surface area contributed by atoms with Gasteiger partial charge in [-0.15, -0.1) is 0 Å².